The first-order valence-electron chi connectivity index (χ1n) is 13.6. The van der Waals surface area contributed by atoms with E-state index in [0.29, 0.717) is 24.1 Å². The molecule has 0 aromatic heterocycles. The van der Waals surface area contributed by atoms with Crippen LogP contribution in [0.2, 0.25) is 0 Å². The van der Waals surface area contributed by atoms with E-state index in [1.807, 2.05) is 21.1 Å². The number of nitrogens with zero attached hydrogens (tertiary/aromatic N) is 1. The molecule has 2 atom stereocenters. The maximum absolute atomic E-state index is 11.8. The highest BCUT2D eigenvalue weighted by atomic mass is 31.1. The van der Waals surface area contributed by atoms with Crippen molar-refractivity contribution in [2.45, 2.75) is 116 Å². The van der Waals surface area contributed by atoms with Crippen molar-refractivity contribution in [1.29, 1.82) is 0 Å². The average molecular weight is 508 g/mol. The summed E-state index contributed by atoms with van der Waals surface area (Å²) in [6.07, 6.45) is 18.6. The lowest BCUT2D eigenvalue weighted by atomic mass is 10.0. The van der Waals surface area contributed by atoms with Crippen molar-refractivity contribution in [2.24, 2.45) is 0 Å². The molecule has 0 aromatic rings. The molecule has 0 rings (SSSR count). The van der Waals surface area contributed by atoms with Crippen LogP contribution in [0.1, 0.15) is 110 Å². The van der Waals surface area contributed by atoms with Gasteiger partial charge in [0.15, 0.2) is 6.61 Å². The largest absolute Gasteiger partial charge is 0.697 e. The predicted molar refractivity (Wildman–Crippen MR) is 139 cm³/mol. The van der Waals surface area contributed by atoms with Gasteiger partial charge in [-0.3, -0.25) is 4.79 Å². The first kappa shape index (κ1) is 33.4. The number of rotatable bonds is 25. The Bertz CT molecular complexity index is 498. The number of aliphatic hydroxyl groups excluding tert-OH is 1. The second-order valence-corrected chi connectivity index (χ2v) is 11.4. The van der Waals surface area contributed by atoms with Gasteiger partial charge in [0, 0.05) is 11.0 Å². The van der Waals surface area contributed by atoms with E-state index in [9.17, 15) is 14.5 Å². The average Bonchev–Trinajstić information content (AvgIpc) is 2.78. The molecular formula is C26H54NO6P+2. The van der Waals surface area contributed by atoms with Crippen molar-refractivity contribution in [3.05, 3.63) is 0 Å². The zero-order valence-electron chi connectivity index (χ0n) is 22.6. The molecule has 8 heteroatoms. The van der Waals surface area contributed by atoms with Gasteiger partial charge in [0.1, 0.15) is 25.9 Å². The Hall–Kier alpha value is -0.590. The summed E-state index contributed by atoms with van der Waals surface area (Å²) >= 11 is 0. The van der Waals surface area contributed by atoms with Crippen molar-refractivity contribution in [3.8, 4) is 0 Å². The van der Waals surface area contributed by atoms with Crippen LogP contribution in [0.25, 0.3) is 0 Å². The minimum Gasteiger partial charge on any atom is -0.463 e. The summed E-state index contributed by atoms with van der Waals surface area (Å²) in [5, 5.41) is 9.82. The molecule has 0 aliphatic heterocycles. The minimum atomic E-state index is -2.28. The molecule has 0 fully saturated rings. The highest BCUT2D eigenvalue weighted by molar-refractivity contribution is 7.33. The zero-order chi connectivity index (χ0) is 25.5. The second-order valence-electron chi connectivity index (χ2n) is 10.4. The number of likely N-dealkylation sites (N-methyl/N-ethyl adjacent to an activating group) is 1. The fraction of sp³-hybridized carbons (Fsp3) is 0.962. The highest BCUT2D eigenvalue weighted by Gasteiger charge is 2.24. The second kappa shape index (κ2) is 22.8. The van der Waals surface area contributed by atoms with E-state index in [0.717, 1.165) is 19.3 Å². The summed E-state index contributed by atoms with van der Waals surface area (Å²) in [6.45, 7) is 2.93. The summed E-state index contributed by atoms with van der Waals surface area (Å²) in [7, 11) is 3.75. The lowest BCUT2D eigenvalue weighted by molar-refractivity contribution is -0.870. The third-order valence-corrected chi connectivity index (χ3v) is 6.51. The Labute approximate surface area is 210 Å². The fourth-order valence-electron chi connectivity index (χ4n) is 3.52. The molecule has 0 aliphatic carbocycles. The van der Waals surface area contributed by atoms with E-state index < -0.39 is 14.4 Å². The third-order valence-electron chi connectivity index (χ3n) is 5.75. The van der Waals surface area contributed by atoms with E-state index in [-0.39, 0.29) is 19.2 Å². The summed E-state index contributed by atoms with van der Waals surface area (Å²) in [4.78, 5) is 11.8. The topological polar surface area (TPSA) is 82.1 Å². The molecule has 2 unspecified atom stereocenters. The minimum absolute atomic E-state index is 0.153. The van der Waals surface area contributed by atoms with E-state index in [1.54, 1.807) is 0 Å². The van der Waals surface area contributed by atoms with Gasteiger partial charge in [-0.25, -0.2) is 0 Å². The molecule has 0 saturated heterocycles. The van der Waals surface area contributed by atoms with Gasteiger partial charge in [0.25, 0.3) is 0 Å². The van der Waals surface area contributed by atoms with Crippen LogP contribution < -0.4 is 0 Å². The molecule has 0 bridgehead atoms. The van der Waals surface area contributed by atoms with Gasteiger partial charge >= 0.3 is 14.2 Å². The summed E-state index contributed by atoms with van der Waals surface area (Å²) in [5.74, 6) is -0.308. The van der Waals surface area contributed by atoms with Crippen LogP contribution in [-0.4, -0.2) is 69.2 Å². The van der Waals surface area contributed by atoms with E-state index in [2.05, 4.69) is 6.92 Å². The molecule has 0 aliphatic rings. The maximum Gasteiger partial charge on any atom is 0.697 e. The third kappa shape index (κ3) is 26.0. The van der Waals surface area contributed by atoms with Gasteiger partial charge in [-0.2, -0.15) is 0 Å². The molecule has 0 aromatic carbocycles. The lowest BCUT2D eigenvalue weighted by Crippen LogP contribution is -2.37. The van der Waals surface area contributed by atoms with E-state index >= 15 is 0 Å². The molecule has 202 valence electrons. The Morgan fingerprint density at radius 2 is 1.24 bits per heavy atom. The number of carbonyl (C=O) groups excluding carboxylic acids is 1. The fourth-order valence-corrected chi connectivity index (χ4v) is 4.12. The van der Waals surface area contributed by atoms with Crippen LogP contribution in [0.15, 0.2) is 0 Å². The van der Waals surface area contributed by atoms with Crippen molar-refractivity contribution in [3.63, 3.8) is 0 Å². The standard InChI is InChI=1S/C26H54NO6P/c1-5-6-7-8-9-10-11-12-13-14-15-16-17-18-19-20-26(29)31-23-25(28)24-33-34(30)32-22-21-27(2,3)4/h25,28H,5-24H2,1-4H3/q+2. The normalized spacial score (nSPS) is 13.1. The number of esters is 1. The molecular weight excluding hydrogens is 453 g/mol. The quantitative estimate of drug-likeness (QED) is 0.0653. The van der Waals surface area contributed by atoms with Crippen LogP contribution in [-0.2, 0) is 23.1 Å². The Balaban J connectivity index is 3.42. The predicted octanol–water partition coefficient (Wildman–Crippen LogP) is 6.55. The first-order valence-corrected chi connectivity index (χ1v) is 14.7. The molecule has 0 saturated carbocycles. The number of hydrogen-bond donors (Lipinski definition) is 1. The van der Waals surface area contributed by atoms with E-state index in [1.165, 1.54) is 77.0 Å². The number of hydrogen-bond acceptors (Lipinski definition) is 6. The maximum atomic E-state index is 11.8. The van der Waals surface area contributed by atoms with Gasteiger partial charge in [0.2, 0.25) is 0 Å². The molecule has 34 heavy (non-hydrogen) atoms. The van der Waals surface area contributed by atoms with Crippen LogP contribution in [0.3, 0.4) is 0 Å². The van der Waals surface area contributed by atoms with Crippen LogP contribution >= 0.6 is 8.25 Å². The first-order chi connectivity index (χ1) is 16.2. The number of carbonyl (C=O) groups is 1. The number of quaternary nitrogens is 1. The van der Waals surface area contributed by atoms with Gasteiger partial charge in [-0.05, 0) is 6.42 Å². The zero-order valence-corrected chi connectivity index (χ0v) is 23.5. The van der Waals surface area contributed by atoms with Crippen molar-refractivity contribution in [1.82, 2.24) is 0 Å². The lowest BCUT2D eigenvalue weighted by Gasteiger charge is -2.21. The molecule has 0 heterocycles. The summed E-state index contributed by atoms with van der Waals surface area (Å²) in [6, 6.07) is 0. The number of aliphatic hydroxyl groups is 1. The van der Waals surface area contributed by atoms with Crippen LogP contribution in [0, 0.1) is 0 Å². The van der Waals surface area contributed by atoms with Crippen LogP contribution in [0.4, 0.5) is 0 Å². The monoisotopic (exact) mass is 507 g/mol. The van der Waals surface area contributed by atoms with Gasteiger partial charge in [0.05, 0.1) is 21.1 Å². The molecule has 0 radical (unpaired) electrons. The van der Waals surface area contributed by atoms with Gasteiger partial charge in [-0.15, -0.1) is 9.05 Å². The van der Waals surface area contributed by atoms with Crippen molar-refractivity contribution in [2.75, 3.05) is 47.5 Å². The van der Waals surface area contributed by atoms with Gasteiger partial charge < -0.3 is 14.3 Å². The molecule has 1 N–H and O–H groups in total. The highest BCUT2D eigenvalue weighted by Crippen LogP contribution is 2.23. The number of ether oxygens (including phenoxy) is 1. The molecule has 0 amide bonds. The van der Waals surface area contributed by atoms with Crippen LogP contribution in [0.5, 0.6) is 0 Å². The SMILES string of the molecule is CCCCCCCCCCCCCCCCCC(=O)OCC(O)CO[P+](=O)OCC[N+](C)(C)C. The Morgan fingerprint density at radius 3 is 1.71 bits per heavy atom. The Kier molecular flexibility index (Phi) is 22.5. The molecule has 7 nitrogen and oxygen atoms in total. The number of unbranched alkanes of at least 4 members (excludes halogenated alkanes) is 14. The summed E-state index contributed by atoms with van der Waals surface area (Å²) in [5.41, 5.74) is 0. The van der Waals surface area contributed by atoms with Crippen molar-refractivity contribution >= 4 is 14.2 Å². The van der Waals surface area contributed by atoms with Crippen molar-refractivity contribution < 1.29 is 32.7 Å². The summed E-state index contributed by atoms with van der Waals surface area (Å²) < 4.78 is 27.5. The molecule has 0 spiro atoms. The Morgan fingerprint density at radius 1 is 0.765 bits per heavy atom. The van der Waals surface area contributed by atoms with Gasteiger partial charge in [-0.1, -0.05) is 96.8 Å². The van der Waals surface area contributed by atoms with E-state index in [4.69, 9.17) is 13.8 Å². The smallest absolute Gasteiger partial charge is 0.463 e.